The van der Waals surface area contributed by atoms with Crippen molar-refractivity contribution >= 4 is 0 Å². The van der Waals surface area contributed by atoms with Crippen LogP contribution in [-0.4, -0.2) is 0 Å². The van der Waals surface area contributed by atoms with Crippen molar-refractivity contribution in [3.8, 4) is 0 Å². The van der Waals surface area contributed by atoms with E-state index in [4.69, 9.17) is 0 Å². The van der Waals surface area contributed by atoms with E-state index in [2.05, 4.69) is 38.8 Å². The number of hydrogen-bond acceptors (Lipinski definition) is 0. The first-order valence-electron chi connectivity index (χ1n) is 7.73. The van der Waals surface area contributed by atoms with E-state index in [-0.39, 0.29) is 0 Å². The highest BCUT2D eigenvalue weighted by Crippen LogP contribution is 2.35. The van der Waals surface area contributed by atoms with Crippen molar-refractivity contribution in [2.24, 2.45) is 5.92 Å². The maximum absolute atomic E-state index is 4.15. The maximum Gasteiger partial charge on any atom is -0.0111 e. The van der Waals surface area contributed by atoms with Gasteiger partial charge in [-0.2, -0.15) is 0 Å². The summed E-state index contributed by atoms with van der Waals surface area (Å²) in [7, 11) is 0. The lowest BCUT2D eigenvalue weighted by Gasteiger charge is -2.06. The highest BCUT2D eigenvalue weighted by atomic mass is 14.2. The second-order valence-electron chi connectivity index (χ2n) is 6.10. The summed E-state index contributed by atoms with van der Waals surface area (Å²) in [6.07, 6.45) is 15.8. The van der Waals surface area contributed by atoms with E-state index in [9.17, 15) is 0 Å². The summed E-state index contributed by atoms with van der Waals surface area (Å²) in [6, 6.07) is 0. The zero-order chi connectivity index (χ0) is 14.1. The standard InChI is InChI=1S/C19H30/c1-16(2)12-10-8-6-5-7-9-11-13-19-15-17(3)14-18(19)4/h9,11,19H,1,3-8,10,12-15H2,2H3/b11-9+. The quantitative estimate of drug-likeness (QED) is 0.333. The monoisotopic (exact) mass is 258 g/mol. The Labute approximate surface area is 120 Å². The lowest BCUT2D eigenvalue weighted by Crippen LogP contribution is -1.92. The van der Waals surface area contributed by atoms with Gasteiger partial charge in [-0.25, -0.2) is 0 Å². The highest BCUT2D eigenvalue weighted by Gasteiger charge is 2.20. The smallest absolute Gasteiger partial charge is 0.0111 e. The zero-order valence-electron chi connectivity index (χ0n) is 12.7. The number of unbranched alkanes of at least 4 members (excludes halogenated alkanes) is 4. The zero-order valence-corrected chi connectivity index (χ0v) is 12.7. The second-order valence-corrected chi connectivity index (χ2v) is 6.10. The normalized spacial score (nSPS) is 19.5. The van der Waals surface area contributed by atoms with Crippen LogP contribution in [0.25, 0.3) is 0 Å². The van der Waals surface area contributed by atoms with Crippen molar-refractivity contribution in [1.82, 2.24) is 0 Å². The Hall–Kier alpha value is -1.04. The minimum Gasteiger partial charge on any atom is -0.100 e. The van der Waals surface area contributed by atoms with Crippen LogP contribution in [-0.2, 0) is 0 Å². The van der Waals surface area contributed by atoms with Gasteiger partial charge in [0.15, 0.2) is 0 Å². The molecule has 106 valence electrons. The Bertz CT molecular complexity index is 343. The molecule has 19 heavy (non-hydrogen) atoms. The SMILES string of the molecule is C=C(C)CCCCCC/C=C/CC1CC(=C)CC1=C. The molecule has 0 heteroatoms. The molecule has 1 aliphatic rings. The molecule has 0 N–H and O–H groups in total. The molecule has 1 aliphatic carbocycles. The number of allylic oxidation sites excluding steroid dienone is 5. The molecule has 1 saturated carbocycles. The van der Waals surface area contributed by atoms with Crippen molar-refractivity contribution in [1.29, 1.82) is 0 Å². The van der Waals surface area contributed by atoms with Gasteiger partial charge < -0.3 is 0 Å². The molecule has 0 aliphatic heterocycles. The molecule has 0 aromatic rings. The molecule has 0 aromatic heterocycles. The van der Waals surface area contributed by atoms with Crippen LogP contribution in [0.4, 0.5) is 0 Å². The van der Waals surface area contributed by atoms with Gasteiger partial charge in [0, 0.05) is 0 Å². The largest absolute Gasteiger partial charge is 0.100 e. The Balaban J connectivity index is 1.97. The Morgan fingerprint density at radius 1 is 1.16 bits per heavy atom. The molecule has 1 fully saturated rings. The third-order valence-electron chi connectivity index (χ3n) is 3.90. The summed E-state index contributed by atoms with van der Waals surface area (Å²) in [5.74, 6) is 0.666. The lowest BCUT2D eigenvalue weighted by atomic mass is 9.99. The molecule has 0 aromatic carbocycles. The molecule has 1 unspecified atom stereocenters. The summed E-state index contributed by atoms with van der Waals surface area (Å²) in [6.45, 7) is 14.3. The van der Waals surface area contributed by atoms with Crippen LogP contribution < -0.4 is 0 Å². The summed E-state index contributed by atoms with van der Waals surface area (Å²) in [5, 5.41) is 0. The molecular weight excluding hydrogens is 228 g/mol. The Kier molecular flexibility index (Phi) is 7.55. The molecule has 0 nitrogen and oxygen atoms in total. The molecule has 0 saturated heterocycles. The maximum atomic E-state index is 4.15. The van der Waals surface area contributed by atoms with Gasteiger partial charge in [0.2, 0.25) is 0 Å². The third-order valence-corrected chi connectivity index (χ3v) is 3.90. The minimum atomic E-state index is 0.666. The van der Waals surface area contributed by atoms with Crippen LogP contribution in [0, 0.1) is 5.92 Å². The molecule has 0 radical (unpaired) electrons. The van der Waals surface area contributed by atoms with E-state index in [0.717, 1.165) is 19.3 Å². The summed E-state index contributed by atoms with van der Waals surface area (Å²) < 4.78 is 0. The third kappa shape index (κ3) is 7.20. The van der Waals surface area contributed by atoms with Gasteiger partial charge >= 0.3 is 0 Å². The Morgan fingerprint density at radius 3 is 2.53 bits per heavy atom. The van der Waals surface area contributed by atoms with E-state index in [1.165, 1.54) is 55.2 Å². The first-order valence-corrected chi connectivity index (χ1v) is 7.73. The Morgan fingerprint density at radius 2 is 1.89 bits per heavy atom. The van der Waals surface area contributed by atoms with E-state index < -0.39 is 0 Å². The minimum absolute atomic E-state index is 0.666. The second kappa shape index (κ2) is 8.96. The van der Waals surface area contributed by atoms with E-state index in [1.807, 2.05) is 0 Å². The molecule has 0 heterocycles. The van der Waals surface area contributed by atoms with Crippen LogP contribution >= 0.6 is 0 Å². The van der Waals surface area contributed by atoms with Gasteiger partial charge in [0.25, 0.3) is 0 Å². The fraction of sp³-hybridized carbons (Fsp3) is 0.579. The van der Waals surface area contributed by atoms with E-state index in [0.29, 0.717) is 5.92 Å². The van der Waals surface area contributed by atoms with Crippen LogP contribution in [0.5, 0.6) is 0 Å². The van der Waals surface area contributed by atoms with Crippen molar-refractivity contribution < 1.29 is 0 Å². The van der Waals surface area contributed by atoms with Crippen LogP contribution in [0.2, 0.25) is 0 Å². The highest BCUT2D eigenvalue weighted by molar-refractivity contribution is 5.22. The van der Waals surface area contributed by atoms with Crippen molar-refractivity contribution in [3.63, 3.8) is 0 Å². The first kappa shape index (κ1) is 16.0. The first-order chi connectivity index (χ1) is 9.09. The van der Waals surface area contributed by atoms with Gasteiger partial charge in [0.1, 0.15) is 0 Å². The molecule has 0 bridgehead atoms. The average Bonchev–Trinajstić information content (AvgIpc) is 2.65. The van der Waals surface area contributed by atoms with Crippen molar-refractivity contribution in [2.45, 2.75) is 64.7 Å². The van der Waals surface area contributed by atoms with Gasteiger partial charge in [-0.1, -0.05) is 54.9 Å². The summed E-state index contributed by atoms with van der Waals surface area (Å²) in [5.41, 5.74) is 4.06. The van der Waals surface area contributed by atoms with Gasteiger partial charge in [0.05, 0.1) is 0 Å². The van der Waals surface area contributed by atoms with Gasteiger partial charge in [-0.3, -0.25) is 0 Å². The predicted molar refractivity (Wildman–Crippen MR) is 87.3 cm³/mol. The molecule has 1 atom stereocenters. The van der Waals surface area contributed by atoms with Crippen LogP contribution in [0.3, 0.4) is 0 Å². The molecule has 0 spiro atoms. The van der Waals surface area contributed by atoms with E-state index >= 15 is 0 Å². The summed E-state index contributed by atoms with van der Waals surface area (Å²) in [4.78, 5) is 0. The lowest BCUT2D eigenvalue weighted by molar-refractivity contribution is 0.640. The topological polar surface area (TPSA) is 0 Å². The average molecular weight is 258 g/mol. The fourth-order valence-electron chi connectivity index (χ4n) is 2.70. The fourth-order valence-corrected chi connectivity index (χ4v) is 2.70. The number of rotatable bonds is 9. The predicted octanol–water partition coefficient (Wildman–Crippen LogP) is 6.37. The van der Waals surface area contributed by atoms with Crippen molar-refractivity contribution in [2.75, 3.05) is 0 Å². The van der Waals surface area contributed by atoms with Crippen LogP contribution in [0.15, 0.2) is 48.6 Å². The van der Waals surface area contributed by atoms with E-state index in [1.54, 1.807) is 0 Å². The van der Waals surface area contributed by atoms with Crippen molar-refractivity contribution in [3.05, 3.63) is 48.6 Å². The molecule has 0 amide bonds. The van der Waals surface area contributed by atoms with Gasteiger partial charge in [-0.15, -0.1) is 6.58 Å². The summed E-state index contributed by atoms with van der Waals surface area (Å²) >= 11 is 0. The molecular formula is C19H30. The number of hydrogen-bond donors (Lipinski definition) is 0. The van der Waals surface area contributed by atoms with Crippen LogP contribution in [0.1, 0.15) is 64.7 Å². The van der Waals surface area contributed by atoms with Gasteiger partial charge in [-0.05, 0) is 57.8 Å². The molecule has 1 rings (SSSR count).